The zero-order chi connectivity index (χ0) is 27.5. The number of fused-ring (bicyclic) bond motifs is 1. The first-order valence-electron chi connectivity index (χ1n) is 12.8. The molecule has 10 heteroatoms. The van der Waals surface area contributed by atoms with Gasteiger partial charge in [0.1, 0.15) is 0 Å². The predicted octanol–water partition coefficient (Wildman–Crippen LogP) is 2.96. The highest BCUT2D eigenvalue weighted by atomic mass is 32.2. The number of benzene rings is 2. The van der Waals surface area contributed by atoms with Crippen LogP contribution < -0.4 is 5.56 Å². The fourth-order valence-electron chi connectivity index (χ4n) is 4.71. The van der Waals surface area contributed by atoms with Gasteiger partial charge in [-0.25, -0.2) is 13.4 Å². The summed E-state index contributed by atoms with van der Waals surface area (Å²) in [5.41, 5.74) is 4.47. The Kier molecular flexibility index (Phi) is 8.34. The number of ether oxygens (including phenoxy) is 2. The van der Waals surface area contributed by atoms with Gasteiger partial charge < -0.3 is 9.47 Å². The quantitative estimate of drug-likeness (QED) is 0.381. The van der Waals surface area contributed by atoms with Crippen LogP contribution in [0.25, 0.3) is 22.0 Å². The maximum atomic E-state index is 13.3. The van der Waals surface area contributed by atoms with Crippen molar-refractivity contribution in [2.45, 2.75) is 45.0 Å². The Morgan fingerprint density at radius 1 is 1.13 bits per heavy atom. The maximum absolute atomic E-state index is 13.3. The van der Waals surface area contributed by atoms with Gasteiger partial charge in [-0.2, -0.15) is 0 Å². The van der Waals surface area contributed by atoms with Gasteiger partial charge in [-0.1, -0.05) is 30.3 Å². The molecular formula is C28H35N3O6S. The van der Waals surface area contributed by atoms with E-state index in [1.165, 1.54) is 23.4 Å². The van der Waals surface area contributed by atoms with Crippen molar-refractivity contribution in [3.05, 3.63) is 64.2 Å². The Bertz CT molecular complexity index is 1480. The number of esters is 1. The number of nitrogens with zero attached hydrogens (tertiary/aromatic N) is 3. The van der Waals surface area contributed by atoms with Crippen LogP contribution in [0.2, 0.25) is 0 Å². The molecule has 1 unspecified atom stereocenters. The molecule has 0 radical (unpaired) electrons. The SMILES string of the molecule is CCOC(=O)C(C)(CCn1cnc2c(C)c(-c3ccc(CN4CCOCC4)cc3)ccc2c1=O)S(C)(=O)=O. The second kappa shape index (κ2) is 11.3. The molecule has 0 bridgehead atoms. The summed E-state index contributed by atoms with van der Waals surface area (Å²) in [5.74, 6) is -0.819. The fraction of sp³-hybridized carbons (Fsp3) is 0.464. The van der Waals surface area contributed by atoms with Crippen molar-refractivity contribution in [3.63, 3.8) is 0 Å². The Hall–Kier alpha value is -3.08. The smallest absolute Gasteiger partial charge is 0.327 e. The predicted molar refractivity (Wildman–Crippen MR) is 147 cm³/mol. The third-order valence-corrected chi connectivity index (χ3v) is 9.39. The number of carbonyl (C=O) groups is 1. The van der Waals surface area contributed by atoms with Crippen LogP contribution in [0.3, 0.4) is 0 Å². The van der Waals surface area contributed by atoms with Crippen molar-refractivity contribution in [2.24, 2.45) is 0 Å². The summed E-state index contributed by atoms with van der Waals surface area (Å²) in [5, 5.41) is 0.440. The van der Waals surface area contributed by atoms with Crippen molar-refractivity contribution in [3.8, 4) is 11.1 Å². The van der Waals surface area contributed by atoms with Crippen molar-refractivity contribution in [1.29, 1.82) is 0 Å². The number of sulfone groups is 1. The van der Waals surface area contributed by atoms with Gasteiger partial charge in [0.15, 0.2) is 14.6 Å². The van der Waals surface area contributed by atoms with Gasteiger partial charge in [0.2, 0.25) is 0 Å². The third kappa shape index (κ3) is 5.67. The Labute approximate surface area is 223 Å². The molecule has 38 heavy (non-hydrogen) atoms. The fourth-order valence-corrected chi connectivity index (χ4v) is 5.53. The lowest BCUT2D eigenvalue weighted by molar-refractivity contribution is -0.146. The molecule has 0 aliphatic carbocycles. The summed E-state index contributed by atoms with van der Waals surface area (Å²) in [6, 6.07) is 12.1. The van der Waals surface area contributed by atoms with Gasteiger partial charge in [0.05, 0.1) is 37.1 Å². The molecule has 0 amide bonds. The second-order valence-corrected chi connectivity index (χ2v) is 12.4. The topological polar surface area (TPSA) is 108 Å². The van der Waals surface area contributed by atoms with Crippen molar-refractivity contribution < 1.29 is 22.7 Å². The minimum absolute atomic E-state index is 0.00949. The van der Waals surface area contributed by atoms with E-state index < -0.39 is 20.6 Å². The Morgan fingerprint density at radius 2 is 1.82 bits per heavy atom. The number of hydrogen-bond donors (Lipinski definition) is 0. The lowest BCUT2D eigenvalue weighted by Gasteiger charge is -2.26. The van der Waals surface area contributed by atoms with E-state index in [0.717, 1.165) is 55.8 Å². The Balaban J connectivity index is 1.57. The normalized spacial score (nSPS) is 16.3. The van der Waals surface area contributed by atoms with E-state index in [4.69, 9.17) is 9.47 Å². The van der Waals surface area contributed by atoms with Crippen LogP contribution in [0, 0.1) is 6.92 Å². The van der Waals surface area contributed by atoms with Gasteiger partial charge in [-0.15, -0.1) is 0 Å². The van der Waals surface area contributed by atoms with Gasteiger partial charge in [-0.3, -0.25) is 19.1 Å². The first-order valence-corrected chi connectivity index (χ1v) is 14.7. The molecule has 204 valence electrons. The van der Waals surface area contributed by atoms with E-state index in [-0.39, 0.29) is 25.1 Å². The molecule has 2 aromatic carbocycles. The van der Waals surface area contributed by atoms with Gasteiger partial charge in [-0.05, 0) is 55.5 Å². The average molecular weight is 542 g/mol. The summed E-state index contributed by atoms with van der Waals surface area (Å²) in [6.07, 6.45) is 2.32. The molecule has 9 nitrogen and oxygen atoms in total. The second-order valence-electron chi connectivity index (χ2n) is 9.94. The van der Waals surface area contributed by atoms with Gasteiger partial charge in [0, 0.05) is 32.4 Å². The third-order valence-electron chi connectivity index (χ3n) is 7.38. The maximum Gasteiger partial charge on any atom is 0.327 e. The van der Waals surface area contributed by atoms with Crippen molar-refractivity contribution in [1.82, 2.24) is 14.5 Å². The summed E-state index contributed by atoms with van der Waals surface area (Å²) < 4.78 is 34.9. The van der Waals surface area contributed by atoms with E-state index >= 15 is 0 Å². The summed E-state index contributed by atoms with van der Waals surface area (Å²) in [6.45, 7) is 9.27. The molecule has 1 fully saturated rings. The summed E-state index contributed by atoms with van der Waals surface area (Å²) in [4.78, 5) is 32.6. The van der Waals surface area contributed by atoms with Crippen LogP contribution in [-0.4, -0.2) is 72.8 Å². The highest BCUT2D eigenvalue weighted by molar-refractivity contribution is 7.92. The minimum atomic E-state index is -3.78. The molecular weight excluding hydrogens is 506 g/mol. The molecule has 0 N–H and O–H groups in total. The monoisotopic (exact) mass is 541 g/mol. The van der Waals surface area contributed by atoms with Crippen LogP contribution in [0.4, 0.5) is 0 Å². The average Bonchev–Trinajstić information content (AvgIpc) is 2.89. The first kappa shape index (κ1) is 27.9. The number of morpholine rings is 1. The Morgan fingerprint density at radius 3 is 2.45 bits per heavy atom. The number of carbonyl (C=O) groups excluding carboxylic acids is 1. The van der Waals surface area contributed by atoms with E-state index in [0.29, 0.717) is 10.9 Å². The standard InChI is InChI=1S/C28H35N3O6S/c1-5-37-27(33)28(3,38(4,34)35)12-13-31-19-29-25-20(2)23(10-11-24(25)26(31)32)22-8-6-21(7-9-22)18-30-14-16-36-17-15-30/h6-11,19H,5,12-18H2,1-4H3. The molecule has 4 rings (SSSR count). The van der Waals surface area contributed by atoms with E-state index in [9.17, 15) is 18.0 Å². The zero-order valence-electron chi connectivity index (χ0n) is 22.4. The lowest BCUT2D eigenvalue weighted by atomic mass is 9.97. The highest BCUT2D eigenvalue weighted by Crippen LogP contribution is 2.28. The molecule has 0 saturated carbocycles. The molecule has 1 aliphatic rings. The van der Waals surface area contributed by atoms with E-state index in [1.807, 2.05) is 13.0 Å². The molecule has 2 heterocycles. The van der Waals surface area contributed by atoms with Crippen LogP contribution in [-0.2, 0) is 37.2 Å². The van der Waals surface area contributed by atoms with Crippen molar-refractivity contribution >= 4 is 26.7 Å². The first-order chi connectivity index (χ1) is 18.0. The molecule has 1 aliphatic heterocycles. The van der Waals surface area contributed by atoms with Crippen LogP contribution in [0.15, 0.2) is 47.5 Å². The highest BCUT2D eigenvalue weighted by Gasteiger charge is 2.44. The molecule has 1 atom stereocenters. The number of aryl methyl sites for hydroxylation is 2. The zero-order valence-corrected chi connectivity index (χ0v) is 23.2. The lowest BCUT2D eigenvalue weighted by Crippen LogP contribution is -2.45. The van der Waals surface area contributed by atoms with Crippen molar-refractivity contribution in [2.75, 3.05) is 39.2 Å². The molecule has 1 saturated heterocycles. The molecule has 1 aromatic heterocycles. The van der Waals surface area contributed by atoms with Gasteiger partial charge in [0.25, 0.3) is 5.56 Å². The number of aromatic nitrogens is 2. The molecule has 3 aromatic rings. The minimum Gasteiger partial charge on any atom is -0.465 e. The van der Waals surface area contributed by atoms with E-state index in [2.05, 4.69) is 34.1 Å². The van der Waals surface area contributed by atoms with Crippen LogP contribution >= 0.6 is 0 Å². The van der Waals surface area contributed by atoms with Crippen LogP contribution in [0.5, 0.6) is 0 Å². The molecule has 0 spiro atoms. The summed E-state index contributed by atoms with van der Waals surface area (Å²) >= 11 is 0. The largest absolute Gasteiger partial charge is 0.465 e. The summed E-state index contributed by atoms with van der Waals surface area (Å²) in [7, 11) is -3.78. The van der Waals surface area contributed by atoms with Crippen LogP contribution in [0.1, 0.15) is 31.4 Å². The number of rotatable bonds is 9. The number of hydrogen-bond acceptors (Lipinski definition) is 8. The van der Waals surface area contributed by atoms with Gasteiger partial charge >= 0.3 is 5.97 Å². The van der Waals surface area contributed by atoms with E-state index in [1.54, 1.807) is 13.0 Å².